The van der Waals surface area contributed by atoms with Crippen molar-refractivity contribution in [2.24, 2.45) is 5.92 Å². The predicted molar refractivity (Wildman–Crippen MR) is 71.5 cm³/mol. The summed E-state index contributed by atoms with van der Waals surface area (Å²) in [7, 11) is 0. The summed E-state index contributed by atoms with van der Waals surface area (Å²) in [6, 6.07) is 2.02. The molecule has 2 nitrogen and oxygen atoms in total. The summed E-state index contributed by atoms with van der Waals surface area (Å²) in [5.74, 6) is 0.438. The minimum absolute atomic E-state index is 0.00685. The van der Waals surface area contributed by atoms with E-state index < -0.39 is 0 Å². The molecule has 0 saturated heterocycles. The molecule has 0 aliphatic heterocycles. The SMILES string of the molecule is CC(C)[C@H](C)NC(=O)c1cc(Br)c(Br)s1. The maximum Gasteiger partial charge on any atom is 0.261 e. The first-order chi connectivity index (χ1) is 6.91. The van der Waals surface area contributed by atoms with Crippen LogP contribution in [0.4, 0.5) is 0 Å². The molecule has 0 bridgehead atoms. The normalized spacial score (nSPS) is 12.9. The van der Waals surface area contributed by atoms with Gasteiger partial charge < -0.3 is 5.32 Å². The smallest absolute Gasteiger partial charge is 0.261 e. The fourth-order valence-electron chi connectivity index (χ4n) is 0.903. The van der Waals surface area contributed by atoms with Gasteiger partial charge in [-0.1, -0.05) is 13.8 Å². The predicted octanol–water partition coefficient (Wildman–Crippen LogP) is 4.05. The Hall–Kier alpha value is 0.130. The molecule has 15 heavy (non-hydrogen) atoms. The van der Waals surface area contributed by atoms with E-state index in [1.165, 1.54) is 11.3 Å². The van der Waals surface area contributed by atoms with Gasteiger partial charge in [0, 0.05) is 10.5 Å². The summed E-state index contributed by atoms with van der Waals surface area (Å²) >= 11 is 8.17. The van der Waals surface area contributed by atoms with Crippen molar-refractivity contribution in [3.63, 3.8) is 0 Å². The largest absolute Gasteiger partial charge is 0.349 e. The van der Waals surface area contributed by atoms with Crippen molar-refractivity contribution in [1.29, 1.82) is 0 Å². The number of halogens is 2. The van der Waals surface area contributed by atoms with Crippen molar-refractivity contribution in [2.75, 3.05) is 0 Å². The van der Waals surface area contributed by atoms with Gasteiger partial charge in [-0.2, -0.15) is 0 Å². The van der Waals surface area contributed by atoms with Crippen LogP contribution in [0.2, 0.25) is 0 Å². The van der Waals surface area contributed by atoms with Gasteiger partial charge in [-0.15, -0.1) is 11.3 Å². The minimum Gasteiger partial charge on any atom is -0.349 e. The summed E-state index contributed by atoms with van der Waals surface area (Å²) < 4.78 is 1.87. The minimum atomic E-state index is -0.00685. The molecule has 0 saturated carbocycles. The Balaban J connectivity index is 2.69. The van der Waals surface area contributed by atoms with Gasteiger partial charge >= 0.3 is 0 Å². The summed E-state index contributed by atoms with van der Waals surface area (Å²) in [4.78, 5) is 12.5. The molecule has 0 unspecified atom stereocenters. The molecule has 0 radical (unpaired) electrons. The Labute approximate surface area is 111 Å². The number of hydrogen-bond donors (Lipinski definition) is 1. The molecule has 0 aliphatic carbocycles. The summed E-state index contributed by atoms with van der Waals surface area (Å²) in [5.41, 5.74) is 0. The Morgan fingerprint density at radius 2 is 2.00 bits per heavy atom. The average molecular weight is 355 g/mol. The van der Waals surface area contributed by atoms with Gasteiger partial charge in [-0.3, -0.25) is 4.79 Å². The van der Waals surface area contributed by atoms with E-state index in [-0.39, 0.29) is 11.9 Å². The molecule has 0 spiro atoms. The van der Waals surface area contributed by atoms with E-state index in [1.54, 1.807) is 0 Å². The quantitative estimate of drug-likeness (QED) is 0.871. The van der Waals surface area contributed by atoms with Gasteiger partial charge in [-0.05, 0) is 50.8 Å². The topological polar surface area (TPSA) is 29.1 Å². The number of carbonyl (C=O) groups excluding carboxylic acids is 1. The van der Waals surface area contributed by atoms with Gasteiger partial charge in [0.1, 0.15) is 0 Å². The van der Waals surface area contributed by atoms with E-state index in [4.69, 9.17) is 0 Å². The van der Waals surface area contributed by atoms with Gasteiger partial charge in [0.15, 0.2) is 0 Å². The average Bonchev–Trinajstić information content (AvgIpc) is 2.46. The van der Waals surface area contributed by atoms with E-state index in [9.17, 15) is 4.79 Å². The molecule has 0 aromatic carbocycles. The van der Waals surface area contributed by atoms with Crippen LogP contribution in [-0.4, -0.2) is 11.9 Å². The zero-order valence-electron chi connectivity index (χ0n) is 8.80. The third-order valence-corrected chi connectivity index (χ3v) is 5.48. The number of nitrogens with one attached hydrogen (secondary N) is 1. The fraction of sp³-hybridized carbons (Fsp3) is 0.500. The van der Waals surface area contributed by atoms with E-state index >= 15 is 0 Å². The molecular weight excluding hydrogens is 342 g/mol. The molecule has 1 rings (SSSR count). The molecule has 1 atom stereocenters. The van der Waals surface area contributed by atoms with Gasteiger partial charge in [0.05, 0.1) is 8.66 Å². The van der Waals surface area contributed by atoms with Crippen LogP contribution in [0.15, 0.2) is 14.3 Å². The van der Waals surface area contributed by atoms with Crippen molar-refractivity contribution in [1.82, 2.24) is 5.32 Å². The van der Waals surface area contributed by atoms with E-state index in [0.717, 1.165) is 13.1 Å². The molecule has 1 amide bonds. The standard InChI is InChI=1S/C10H13Br2NOS/c1-5(2)6(3)13-10(14)8-4-7(11)9(12)15-8/h4-6H,1-3H3,(H,13,14)/t6-/m0/s1. The second kappa shape index (κ2) is 5.46. The van der Waals surface area contributed by atoms with E-state index in [1.807, 2.05) is 13.0 Å². The molecular formula is C10H13Br2NOS. The van der Waals surface area contributed by atoms with Crippen molar-refractivity contribution >= 4 is 49.1 Å². The lowest BCUT2D eigenvalue weighted by atomic mass is 10.1. The second-order valence-corrected chi connectivity index (χ2v) is 6.96. The lowest BCUT2D eigenvalue weighted by Crippen LogP contribution is -2.35. The molecule has 1 aromatic heterocycles. The lowest BCUT2D eigenvalue weighted by molar-refractivity contribution is 0.0934. The van der Waals surface area contributed by atoms with Crippen LogP contribution >= 0.6 is 43.2 Å². The third kappa shape index (κ3) is 3.57. The first-order valence-corrected chi connectivity index (χ1v) is 7.07. The van der Waals surface area contributed by atoms with Crippen LogP contribution in [-0.2, 0) is 0 Å². The van der Waals surface area contributed by atoms with Crippen LogP contribution in [0.1, 0.15) is 30.4 Å². The molecule has 1 N–H and O–H groups in total. The summed E-state index contributed by atoms with van der Waals surface area (Å²) in [5, 5.41) is 2.97. The Kier molecular flexibility index (Phi) is 4.80. The first kappa shape index (κ1) is 13.2. The first-order valence-electron chi connectivity index (χ1n) is 4.67. The van der Waals surface area contributed by atoms with Crippen molar-refractivity contribution in [3.8, 4) is 0 Å². The fourth-order valence-corrected chi connectivity index (χ4v) is 2.84. The highest BCUT2D eigenvalue weighted by Crippen LogP contribution is 2.32. The van der Waals surface area contributed by atoms with Gasteiger partial charge in [0.2, 0.25) is 0 Å². The third-order valence-electron chi connectivity index (χ3n) is 2.23. The second-order valence-electron chi connectivity index (χ2n) is 3.74. The van der Waals surface area contributed by atoms with Crippen LogP contribution in [0.25, 0.3) is 0 Å². The Morgan fingerprint density at radius 1 is 1.40 bits per heavy atom. The molecule has 1 heterocycles. The Morgan fingerprint density at radius 3 is 2.40 bits per heavy atom. The summed E-state index contributed by atoms with van der Waals surface area (Å²) in [6.45, 7) is 6.19. The van der Waals surface area contributed by atoms with Crippen molar-refractivity contribution < 1.29 is 4.79 Å². The Bertz CT molecular complexity index is 343. The van der Waals surface area contributed by atoms with Crippen LogP contribution in [0, 0.1) is 5.92 Å². The van der Waals surface area contributed by atoms with E-state index in [0.29, 0.717) is 5.92 Å². The lowest BCUT2D eigenvalue weighted by Gasteiger charge is -2.16. The molecule has 0 aliphatic rings. The van der Waals surface area contributed by atoms with Crippen LogP contribution in [0.3, 0.4) is 0 Å². The monoisotopic (exact) mass is 353 g/mol. The number of hydrogen-bond acceptors (Lipinski definition) is 2. The highest BCUT2D eigenvalue weighted by molar-refractivity contribution is 9.13. The number of thiophene rings is 1. The maximum atomic E-state index is 11.8. The highest BCUT2D eigenvalue weighted by Gasteiger charge is 2.15. The number of carbonyl (C=O) groups is 1. The highest BCUT2D eigenvalue weighted by atomic mass is 79.9. The molecule has 84 valence electrons. The van der Waals surface area contributed by atoms with Crippen LogP contribution < -0.4 is 5.32 Å². The van der Waals surface area contributed by atoms with Crippen molar-refractivity contribution in [2.45, 2.75) is 26.8 Å². The molecule has 0 fully saturated rings. The van der Waals surface area contributed by atoms with Crippen LogP contribution in [0.5, 0.6) is 0 Å². The van der Waals surface area contributed by atoms with E-state index in [2.05, 4.69) is 51.0 Å². The van der Waals surface area contributed by atoms with Gasteiger partial charge in [0.25, 0.3) is 5.91 Å². The number of rotatable bonds is 3. The summed E-state index contributed by atoms with van der Waals surface area (Å²) in [6.07, 6.45) is 0. The zero-order valence-corrected chi connectivity index (χ0v) is 12.8. The number of amides is 1. The van der Waals surface area contributed by atoms with Crippen molar-refractivity contribution in [3.05, 3.63) is 19.2 Å². The van der Waals surface area contributed by atoms with Gasteiger partial charge in [-0.25, -0.2) is 0 Å². The molecule has 1 aromatic rings. The molecule has 5 heteroatoms. The maximum absolute atomic E-state index is 11.8. The zero-order chi connectivity index (χ0) is 11.6.